The summed E-state index contributed by atoms with van der Waals surface area (Å²) >= 11 is 0. The highest BCUT2D eigenvalue weighted by Gasteiger charge is 2.60. The number of benzene rings is 2. The largest absolute Gasteiger partial charge is 0.362 e. The highest BCUT2D eigenvalue weighted by Crippen LogP contribution is 2.58. The number of imidazole rings is 1. The Morgan fingerprint density at radius 1 is 1.13 bits per heavy atom. The van der Waals surface area contributed by atoms with Crippen molar-refractivity contribution in [2.45, 2.75) is 38.3 Å². The van der Waals surface area contributed by atoms with Crippen molar-refractivity contribution in [2.75, 3.05) is 10.6 Å². The van der Waals surface area contributed by atoms with E-state index >= 15 is 0 Å². The first-order chi connectivity index (χ1) is 15.0. The Morgan fingerprint density at radius 2 is 1.94 bits per heavy atom. The van der Waals surface area contributed by atoms with Crippen molar-refractivity contribution in [1.82, 2.24) is 15.3 Å². The van der Waals surface area contributed by atoms with Crippen molar-refractivity contribution in [3.63, 3.8) is 0 Å². The van der Waals surface area contributed by atoms with E-state index in [9.17, 15) is 9.59 Å². The van der Waals surface area contributed by atoms with E-state index in [-0.39, 0.29) is 29.1 Å². The number of carbonyl (C=O) groups is 2. The summed E-state index contributed by atoms with van der Waals surface area (Å²) in [6.07, 6.45) is 3.41. The Labute approximate surface area is 180 Å². The summed E-state index contributed by atoms with van der Waals surface area (Å²) in [7, 11) is 0. The first kappa shape index (κ1) is 18.4. The molecule has 158 valence electrons. The number of nitrogens with zero attached hydrogens (tertiary/aromatic N) is 1. The third-order valence-electron chi connectivity index (χ3n) is 7.62. The fraction of sp³-hybridized carbons (Fsp3) is 0.375. The van der Waals surface area contributed by atoms with Crippen molar-refractivity contribution >= 4 is 34.5 Å². The Morgan fingerprint density at radius 3 is 2.77 bits per heavy atom. The Kier molecular flexibility index (Phi) is 3.76. The average molecular weight is 415 g/mol. The number of hydrogen-bond acceptors (Lipinski definition) is 4. The number of hydrogen-bond donors (Lipinski definition) is 4. The number of para-hydroxylation sites is 3. The molecule has 3 saturated carbocycles. The lowest BCUT2D eigenvalue weighted by molar-refractivity contribution is -0.134. The highest BCUT2D eigenvalue weighted by atomic mass is 16.2. The van der Waals surface area contributed by atoms with Gasteiger partial charge in [0.1, 0.15) is 5.66 Å². The molecule has 1 aliphatic heterocycles. The van der Waals surface area contributed by atoms with Crippen molar-refractivity contribution < 1.29 is 9.59 Å². The molecular formula is C24H25N5O2. The Hall–Kier alpha value is -3.35. The highest BCUT2D eigenvalue weighted by molar-refractivity contribution is 6.02. The summed E-state index contributed by atoms with van der Waals surface area (Å²) in [5.74, 6) is 0.528. The molecule has 0 radical (unpaired) electrons. The zero-order chi connectivity index (χ0) is 21.2. The van der Waals surface area contributed by atoms with Gasteiger partial charge < -0.3 is 15.6 Å². The fourth-order valence-corrected chi connectivity index (χ4v) is 6.07. The molecule has 2 heterocycles. The van der Waals surface area contributed by atoms with E-state index in [0.717, 1.165) is 42.4 Å². The molecule has 2 bridgehead atoms. The lowest BCUT2D eigenvalue weighted by Gasteiger charge is -2.60. The maximum Gasteiger partial charge on any atom is 0.255 e. The number of H-pyrrole nitrogens is 1. The Balaban J connectivity index is 1.26. The zero-order valence-corrected chi connectivity index (χ0v) is 17.4. The average Bonchev–Trinajstić information content (AvgIpc) is 3.15. The number of aromatic amines is 1. The van der Waals surface area contributed by atoms with E-state index in [1.165, 1.54) is 0 Å². The number of aromatic nitrogens is 2. The maximum atomic E-state index is 13.3. The molecule has 1 spiro atoms. The third kappa shape index (κ3) is 2.76. The van der Waals surface area contributed by atoms with Crippen LogP contribution >= 0.6 is 0 Å². The SMILES string of the molecule is CC12CCC(CC1C(=O)Nc1nc3ccccc3[nH]1)C1(C2)NC(=O)c2ccccc2N1. The molecule has 7 heteroatoms. The Bertz CT molecular complexity index is 1190. The molecule has 4 N–H and O–H groups in total. The van der Waals surface area contributed by atoms with E-state index in [0.29, 0.717) is 11.5 Å². The summed E-state index contributed by atoms with van der Waals surface area (Å²) in [6, 6.07) is 15.4. The van der Waals surface area contributed by atoms with Gasteiger partial charge in [0.05, 0.1) is 16.6 Å². The van der Waals surface area contributed by atoms with Gasteiger partial charge in [0.25, 0.3) is 5.91 Å². The molecule has 7 nitrogen and oxygen atoms in total. The van der Waals surface area contributed by atoms with Crippen molar-refractivity contribution in [2.24, 2.45) is 17.3 Å². The second kappa shape index (κ2) is 6.33. The minimum absolute atomic E-state index is 0.00337. The van der Waals surface area contributed by atoms with Crippen LogP contribution in [0.4, 0.5) is 11.6 Å². The van der Waals surface area contributed by atoms with Gasteiger partial charge in [-0.05, 0) is 55.4 Å². The van der Waals surface area contributed by atoms with E-state index in [1.807, 2.05) is 48.5 Å². The van der Waals surface area contributed by atoms with Gasteiger partial charge in [0.2, 0.25) is 11.9 Å². The van der Waals surface area contributed by atoms with Crippen LogP contribution in [0.5, 0.6) is 0 Å². The topological polar surface area (TPSA) is 98.9 Å². The van der Waals surface area contributed by atoms with Crippen LogP contribution in [0.25, 0.3) is 11.0 Å². The molecule has 3 aliphatic carbocycles. The molecule has 4 atom stereocenters. The van der Waals surface area contributed by atoms with Gasteiger partial charge in [-0.15, -0.1) is 0 Å². The second-order valence-electron chi connectivity index (χ2n) is 9.54. The number of rotatable bonds is 2. The molecule has 3 fully saturated rings. The van der Waals surface area contributed by atoms with Crippen LogP contribution in [0.3, 0.4) is 0 Å². The van der Waals surface area contributed by atoms with Gasteiger partial charge in [-0.3, -0.25) is 14.9 Å². The zero-order valence-electron chi connectivity index (χ0n) is 17.4. The molecule has 31 heavy (non-hydrogen) atoms. The normalized spacial score (nSPS) is 31.2. The van der Waals surface area contributed by atoms with Gasteiger partial charge >= 0.3 is 0 Å². The molecule has 0 saturated heterocycles. The van der Waals surface area contributed by atoms with Gasteiger partial charge in [0, 0.05) is 17.5 Å². The van der Waals surface area contributed by atoms with Crippen LogP contribution in [0.1, 0.15) is 43.0 Å². The van der Waals surface area contributed by atoms with E-state index < -0.39 is 5.66 Å². The van der Waals surface area contributed by atoms with Gasteiger partial charge in [-0.2, -0.15) is 0 Å². The molecular weight excluding hydrogens is 390 g/mol. The lowest BCUT2D eigenvalue weighted by Crippen LogP contribution is -2.70. The van der Waals surface area contributed by atoms with Crippen molar-refractivity contribution in [3.8, 4) is 0 Å². The minimum Gasteiger partial charge on any atom is -0.362 e. The molecule has 2 aromatic carbocycles. The first-order valence-electron chi connectivity index (χ1n) is 10.9. The first-order valence-corrected chi connectivity index (χ1v) is 10.9. The number of carbonyl (C=O) groups excluding carboxylic acids is 2. The molecule has 4 unspecified atom stereocenters. The summed E-state index contributed by atoms with van der Waals surface area (Å²) in [4.78, 5) is 33.8. The standard InChI is InChI=1S/C24H25N5O2/c1-23-11-10-14(24(13-23)28-17-7-3-2-6-15(17)20(30)29-24)12-16(23)21(31)27-22-25-18-8-4-5-9-19(18)26-22/h2-9,14,16,28H,10-13H2,1H3,(H,29,30)(H2,25,26,27,31). The molecule has 4 aliphatic rings. The fourth-order valence-electron chi connectivity index (χ4n) is 6.07. The van der Waals surface area contributed by atoms with E-state index in [1.54, 1.807) is 0 Å². The molecule has 7 rings (SSSR count). The third-order valence-corrected chi connectivity index (χ3v) is 7.62. The lowest BCUT2D eigenvalue weighted by atomic mass is 9.51. The molecule has 2 amide bonds. The van der Waals surface area contributed by atoms with Gasteiger partial charge in [0.15, 0.2) is 0 Å². The van der Waals surface area contributed by atoms with Gasteiger partial charge in [-0.25, -0.2) is 4.98 Å². The predicted molar refractivity (Wildman–Crippen MR) is 119 cm³/mol. The summed E-state index contributed by atoms with van der Waals surface area (Å²) in [5, 5.41) is 9.93. The second-order valence-corrected chi connectivity index (χ2v) is 9.54. The molecule has 3 aromatic rings. The van der Waals surface area contributed by atoms with Gasteiger partial charge in [-0.1, -0.05) is 31.2 Å². The predicted octanol–water partition coefficient (Wildman–Crippen LogP) is 3.88. The summed E-state index contributed by atoms with van der Waals surface area (Å²) < 4.78 is 0. The van der Waals surface area contributed by atoms with E-state index in [2.05, 4.69) is 32.8 Å². The van der Waals surface area contributed by atoms with Crippen molar-refractivity contribution in [1.29, 1.82) is 0 Å². The van der Waals surface area contributed by atoms with Crippen molar-refractivity contribution in [3.05, 3.63) is 54.1 Å². The van der Waals surface area contributed by atoms with Crippen LogP contribution in [0.15, 0.2) is 48.5 Å². The van der Waals surface area contributed by atoms with Crippen LogP contribution in [-0.4, -0.2) is 27.4 Å². The number of fused-ring (bicyclic) bond motifs is 4. The van der Waals surface area contributed by atoms with Crippen LogP contribution in [-0.2, 0) is 4.79 Å². The smallest absolute Gasteiger partial charge is 0.255 e. The van der Waals surface area contributed by atoms with Crippen LogP contribution < -0.4 is 16.0 Å². The van der Waals surface area contributed by atoms with E-state index in [4.69, 9.17) is 0 Å². The maximum absolute atomic E-state index is 13.3. The monoisotopic (exact) mass is 415 g/mol. The molecule has 1 aromatic heterocycles. The summed E-state index contributed by atoms with van der Waals surface area (Å²) in [6.45, 7) is 2.18. The number of amides is 2. The summed E-state index contributed by atoms with van der Waals surface area (Å²) in [5.41, 5.74) is 2.60. The van der Waals surface area contributed by atoms with Crippen LogP contribution in [0, 0.1) is 17.3 Å². The number of nitrogens with one attached hydrogen (secondary N) is 4. The van der Waals surface area contributed by atoms with Crippen LogP contribution in [0.2, 0.25) is 0 Å². The minimum atomic E-state index is -0.491. The number of anilines is 2. The quantitative estimate of drug-likeness (QED) is 0.510.